The molecule has 0 unspecified atom stereocenters. The zero-order valence-electron chi connectivity index (χ0n) is 18.8. The number of nitrogens with zero attached hydrogens (tertiary/aromatic N) is 1. The summed E-state index contributed by atoms with van der Waals surface area (Å²) in [5.74, 6) is 0.293. The highest BCUT2D eigenvalue weighted by Crippen LogP contribution is 2.44. The summed E-state index contributed by atoms with van der Waals surface area (Å²) in [5.41, 5.74) is 0. The second-order valence-corrected chi connectivity index (χ2v) is 14.4. The monoisotopic (exact) mass is 415 g/mol. The molecule has 1 aliphatic rings. The number of esters is 1. The molecule has 1 aliphatic carbocycles. The highest BCUT2D eigenvalue weighted by molar-refractivity contribution is 6.74. The number of unbranched alkanes of at least 4 members (excludes halogenated alkanes) is 3. The summed E-state index contributed by atoms with van der Waals surface area (Å²) in [4.78, 5) is 22.3. The molecule has 0 aromatic carbocycles. The lowest BCUT2D eigenvalue weighted by Gasteiger charge is -2.40. The van der Waals surface area contributed by atoms with Crippen LogP contribution >= 0.6 is 0 Å². The van der Waals surface area contributed by atoms with E-state index < -0.39 is 8.32 Å². The molecule has 3 atom stereocenters. The van der Waals surface area contributed by atoms with Crippen LogP contribution in [0.15, 0.2) is 0 Å². The van der Waals surface area contributed by atoms with E-state index in [9.17, 15) is 14.9 Å². The van der Waals surface area contributed by atoms with Gasteiger partial charge in [0.15, 0.2) is 8.32 Å². The van der Waals surface area contributed by atoms with Gasteiger partial charge in [0.05, 0.1) is 6.61 Å². The molecule has 0 radical (unpaired) electrons. The smallest absolute Gasteiger partial charge is 0.305 e. The summed E-state index contributed by atoms with van der Waals surface area (Å²) in [6, 6.07) is 0. The third-order valence-corrected chi connectivity index (χ3v) is 11.0. The fourth-order valence-electron chi connectivity index (χ4n) is 3.89. The summed E-state index contributed by atoms with van der Waals surface area (Å²) >= 11 is 0. The topological polar surface area (TPSA) is 78.7 Å². The zero-order valence-corrected chi connectivity index (χ0v) is 19.8. The summed E-state index contributed by atoms with van der Waals surface area (Å²) in [5, 5.41) is 11.3. The van der Waals surface area contributed by atoms with Crippen LogP contribution in [0.2, 0.25) is 18.1 Å². The Hall–Kier alpha value is -0.953. The van der Waals surface area contributed by atoms with E-state index in [2.05, 4.69) is 33.9 Å². The molecule has 0 saturated heterocycles. The van der Waals surface area contributed by atoms with Gasteiger partial charge in [0.25, 0.3) is 0 Å². The summed E-state index contributed by atoms with van der Waals surface area (Å²) < 4.78 is 11.6. The minimum absolute atomic E-state index is 0.0604. The maximum Gasteiger partial charge on any atom is 0.305 e. The van der Waals surface area contributed by atoms with Crippen LogP contribution in [0.25, 0.3) is 0 Å². The van der Waals surface area contributed by atoms with Crippen LogP contribution in [-0.2, 0) is 14.0 Å². The Morgan fingerprint density at radius 3 is 2.36 bits per heavy atom. The van der Waals surface area contributed by atoms with Gasteiger partial charge in [-0.25, -0.2) is 0 Å². The average molecular weight is 416 g/mol. The van der Waals surface area contributed by atoms with Crippen LogP contribution < -0.4 is 0 Å². The van der Waals surface area contributed by atoms with E-state index >= 15 is 0 Å². The maximum atomic E-state index is 11.4. The molecule has 1 saturated carbocycles. The van der Waals surface area contributed by atoms with Crippen molar-refractivity contribution in [1.29, 1.82) is 0 Å². The Balaban J connectivity index is 2.54. The average Bonchev–Trinajstić information content (AvgIpc) is 2.90. The molecule has 0 aromatic heterocycles. The molecule has 0 bridgehead atoms. The molecule has 1 rings (SSSR count). The third-order valence-electron chi connectivity index (χ3n) is 6.51. The van der Waals surface area contributed by atoms with Crippen LogP contribution in [0.1, 0.15) is 79.1 Å². The lowest BCUT2D eigenvalue weighted by atomic mass is 9.89. The molecule has 6 nitrogen and oxygen atoms in total. The number of hydrogen-bond donors (Lipinski definition) is 0. The zero-order chi connectivity index (χ0) is 21.4. The Bertz CT molecular complexity index is 504. The summed E-state index contributed by atoms with van der Waals surface area (Å²) in [7, 11) is -1.88. The number of rotatable bonds is 12. The molecule has 0 aromatic rings. The molecular formula is C21H41NO5Si. The van der Waals surface area contributed by atoms with Gasteiger partial charge in [0, 0.05) is 23.4 Å². The van der Waals surface area contributed by atoms with E-state index in [4.69, 9.17) is 9.16 Å². The molecule has 7 heteroatoms. The van der Waals surface area contributed by atoms with Crippen molar-refractivity contribution >= 4 is 14.3 Å². The minimum Gasteiger partial charge on any atom is -0.466 e. The van der Waals surface area contributed by atoms with Gasteiger partial charge >= 0.3 is 5.97 Å². The van der Waals surface area contributed by atoms with E-state index in [1.165, 1.54) is 0 Å². The number of hydrogen-bond acceptors (Lipinski definition) is 5. The van der Waals surface area contributed by atoms with E-state index in [0.717, 1.165) is 44.9 Å². The second-order valence-electron chi connectivity index (χ2n) is 9.69. The van der Waals surface area contributed by atoms with Crippen molar-refractivity contribution in [2.24, 2.45) is 11.8 Å². The van der Waals surface area contributed by atoms with Gasteiger partial charge in [-0.1, -0.05) is 40.0 Å². The number of nitro groups is 1. The van der Waals surface area contributed by atoms with Gasteiger partial charge < -0.3 is 9.16 Å². The van der Waals surface area contributed by atoms with Crippen LogP contribution in [0.3, 0.4) is 0 Å². The van der Waals surface area contributed by atoms with Gasteiger partial charge in [-0.3, -0.25) is 14.9 Å². The quantitative estimate of drug-likeness (QED) is 0.137. The highest BCUT2D eigenvalue weighted by Gasteiger charge is 2.45. The van der Waals surface area contributed by atoms with Crippen molar-refractivity contribution in [2.45, 2.75) is 103 Å². The molecule has 0 amide bonds. The Labute approximate surface area is 172 Å². The van der Waals surface area contributed by atoms with Gasteiger partial charge in [0.2, 0.25) is 6.54 Å². The largest absolute Gasteiger partial charge is 0.466 e. The van der Waals surface area contributed by atoms with Gasteiger partial charge in [-0.2, -0.15) is 0 Å². The van der Waals surface area contributed by atoms with Crippen molar-refractivity contribution < 1.29 is 18.9 Å². The second kappa shape index (κ2) is 11.3. The van der Waals surface area contributed by atoms with Crippen molar-refractivity contribution in [3.8, 4) is 0 Å². The predicted octanol–water partition coefficient (Wildman–Crippen LogP) is 5.58. The number of carbonyl (C=O) groups excluding carboxylic acids is 1. The van der Waals surface area contributed by atoms with Crippen LogP contribution in [0.5, 0.6) is 0 Å². The Morgan fingerprint density at radius 2 is 1.79 bits per heavy atom. The fourth-order valence-corrected chi connectivity index (χ4v) is 5.29. The number of carbonyl (C=O) groups is 1. The first-order chi connectivity index (χ1) is 13.0. The van der Waals surface area contributed by atoms with E-state index in [0.29, 0.717) is 13.0 Å². The minimum atomic E-state index is -1.88. The Kier molecular flexibility index (Phi) is 10.1. The molecule has 28 heavy (non-hydrogen) atoms. The lowest BCUT2D eigenvalue weighted by molar-refractivity contribution is -0.489. The summed E-state index contributed by atoms with van der Waals surface area (Å²) in [6.07, 6.45) is 7.41. The molecule has 0 spiro atoms. The molecule has 1 fully saturated rings. The Morgan fingerprint density at radius 1 is 1.14 bits per heavy atom. The predicted molar refractivity (Wildman–Crippen MR) is 114 cm³/mol. The molecule has 0 N–H and O–H groups in total. The van der Waals surface area contributed by atoms with Crippen molar-refractivity contribution in [1.82, 2.24) is 0 Å². The van der Waals surface area contributed by atoms with Gasteiger partial charge in [-0.05, 0) is 56.7 Å². The highest BCUT2D eigenvalue weighted by atomic mass is 28.4. The molecular weight excluding hydrogens is 374 g/mol. The first kappa shape index (κ1) is 25.1. The normalized spacial score (nSPS) is 23.0. The van der Waals surface area contributed by atoms with Gasteiger partial charge in [0.1, 0.15) is 0 Å². The third kappa shape index (κ3) is 8.19. The van der Waals surface area contributed by atoms with Gasteiger partial charge in [-0.15, -0.1) is 0 Å². The maximum absolute atomic E-state index is 11.4. The van der Waals surface area contributed by atoms with E-state index in [1.807, 2.05) is 6.92 Å². The first-order valence-electron chi connectivity index (χ1n) is 10.9. The first-order valence-corrected chi connectivity index (χ1v) is 13.8. The van der Waals surface area contributed by atoms with E-state index in [1.54, 1.807) is 0 Å². The van der Waals surface area contributed by atoms with Crippen LogP contribution in [0.4, 0.5) is 0 Å². The van der Waals surface area contributed by atoms with Crippen LogP contribution in [0, 0.1) is 22.0 Å². The number of ether oxygens (including phenoxy) is 1. The standard InChI is InChI=1S/C21H41NO5Si/c1-7-26-20(23)13-11-9-8-10-12-18-17(16-22(24)25)14-15-19(18)27-28(5,6)21(2,3)4/h17-19H,7-16H2,1-6H3/t17-,18-,19+/m1/s1. The lowest BCUT2D eigenvalue weighted by Crippen LogP contribution is -2.45. The van der Waals surface area contributed by atoms with Crippen molar-refractivity contribution in [3.63, 3.8) is 0 Å². The summed E-state index contributed by atoms with van der Waals surface area (Å²) in [6.45, 7) is 13.6. The SMILES string of the molecule is CCOC(=O)CCCCCC[C@@H]1[C@@H](C[N+](=O)[O-])CC[C@@H]1O[Si](C)(C)C(C)(C)C. The molecule has 0 aliphatic heterocycles. The van der Waals surface area contributed by atoms with Crippen molar-refractivity contribution in [2.75, 3.05) is 13.2 Å². The van der Waals surface area contributed by atoms with Crippen LogP contribution in [-0.4, -0.2) is 38.5 Å². The molecule has 164 valence electrons. The van der Waals surface area contributed by atoms with Crippen molar-refractivity contribution in [3.05, 3.63) is 10.1 Å². The fraction of sp³-hybridized carbons (Fsp3) is 0.952. The van der Waals surface area contributed by atoms with E-state index in [-0.39, 0.29) is 40.4 Å². The molecule has 0 heterocycles.